The van der Waals surface area contributed by atoms with Gasteiger partial charge in [-0.25, -0.2) is 9.13 Å². The molecule has 5 atom stereocenters. The normalized spacial score (nSPS) is 14.2. The number of hydrogen-bond donors (Lipinski definition) is 3. The highest BCUT2D eigenvalue weighted by Crippen LogP contribution is 2.45. The van der Waals surface area contributed by atoms with Crippen LogP contribution in [-0.4, -0.2) is 96.7 Å². The molecule has 0 heterocycles. The molecule has 0 amide bonds. The maximum absolute atomic E-state index is 12.9. The van der Waals surface area contributed by atoms with Crippen molar-refractivity contribution in [3.63, 3.8) is 0 Å². The van der Waals surface area contributed by atoms with Crippen molar-refractivity contribution in [2.45, 2.75) is 341 Å². The quantitative estimate of drug-likeness (QED) is 0.0222. The van der Waals surface area contributed by atoms with Crippen LogP contribution in [0.5, 0.6) is 0 Å². The van der Waals surface area contributed by atoms with E-state index < -0.39 is 97.5 Å². The van der Waals surface area contributed by atoms with Gasteiger partial charge in [0.05, 0.1) is 26.4 Å². The van der Waals surface area contributed by atoms with Crippen molar-refractivity contribution in [1.82, 2.24) is 0 Å². The second-order valence-electron chi connectivity index (χ2n) is 22.8. The predicted octanol–water partition coefficient (Wildman–Crippen LogP) is 17.5. The lowest BCUT2D eigenvalue weighted by atomic mass is 10.0. The third-order valence-corrected chi connectivity index (χ3v) is 16.5. The minimum atomic E-state index is -4.94. The molecule has 0 aromatic carbocycles. The Morgan fingerprint density at radius 2 is 0.488 bits per heavy atom. The smallest absolute Gasteiger partial charge is 0.462 e. The van der Waals surface area contributed by atoms with Gasteiger partial charge in [-0.15, -0.1) is 0 Å². The summed E-state index contributed by atoms with van der Waals surface area (Å²) in [5, 5.41) is 10.5. The van der Waals surface area contributed by atoms with Crippen molar-refractivity contribution in [2.75, 3.05) is 39.6 Å². The summed E-state index contributed by atoms with van der Waals surface area (Å²) in [6.07, 6.45) is 44.0. The maximum Gasteiger partial charge on any atom is 0.472 e. The Kier molecular flexibility index (Phi) is 56.7. The Bertz CT molecular complexity index is 1590. The van der Waals surface area contributed by atoms with Gasteiger partial charge < -0.3 is 33.8 Å². The Hall–Kier alpha value is -1.94. The summed E-state index contributed by atoms with van der Waals surface area (Å²) in [7, 11) is -9.86. The van der Waals surface area contributed by atoms with Crippen LogP contribution in [-0.2, 0) is 65.4 Å². The fourth-order valence-corrected chi connectivity index (χ4v) is 11.0. The van der Waals surface area contributed by atoms with E-state index in [0.717, 1.165) is 116 Å². The number of aliphatic hydroxyl groups excluding tert-OH is 1. The monoisotopic (exact) mass is 1210 g/mol. The van der Waals surface area contributed by atoms with E-state index in [9.17, 15) is 43.2 Å². The molecule has 0 aliphatic carbocycles. The largest absolute Gasteiger partial charge is 0.472 e. The third-order valence-electron chi connectivity index (χ3n) is 14.6. The summed E-state index contributed by atoms with van der Waals surface area (Å²) in [5.41, 5.74) is 0. The first-order valence-electron chi connectivity index (χ1n) is 33.3. The van der Waals surface area contributed by atoms with Gasteiger partial charge in [0.15, 0.2) is 12.2 Å². The number of ether oxygens (including phenoxy) is 4. The van der Waals surface area contributed by atoms with Crippen LogP contribution in [0.15, 0.2) is 0 Å². The molecule has 19 heteroatoms. The molecule has 0 spiro atoms. The van der Waals surface area contributed by atoms with Crippen LogP contribution in [0.25, 0.3) is 0 Å². The van der Waals surface area contributed by atoms with Gasteiger partial charge in [0, 0.05) is 25.7 Å². The van der Waals surface area contributed by atoms with E-state index in [4.69, 9.17) is 37.0 Å². The highest BCUT2D eigenvalue weighted by molar-refractivity contribution is 7.47. The summed E-state index contributed by atoms with van der Waals surface area (Å²) in [6.45, 7) is 4.72. The number of aliphatic hydroxyl groups is 1. The van der Waals surface area contributed by atoms with Crippen molar-refractivity contribution in [1.29, 1.82) is 0 Å². The summed E-state index contributed by atoms with van der Waals surface area (Å²) < 4.78 is 67.5. The van der Waals surface area contributed by atoms with Crippen LogP contribution in [0.3, 0.4) is 0 Å². The van der Waals surface area contributed by atoms with E-state index in [-0.39, 0.29) is 25.7 Å². The molecule has 0 bridgehead atoms. The highest BCUT2D eigenvalue weighted by atomic mass is 31.2. The Morgan fingerprint density at radius 1 is 0.293 bits per heavy atom. The molecule has 0 saturated heterocycles. The molecule has 0 rings (SSSR count). The summed E-state index contributed by atoms with van der Waals surface area (Å²) in [6, 6.07) is 0. The molecular formula is C63H122O17P2. The average molecular weight is 1210 g/mol. The van der Waals surface area contributed by atoms with Gasteiger partial charge in [0.1, 0.15) is 19.3 Å². The van der Waals surface area contributed by atoms with Gasteiger partial charge in [0.2, 0.25) is 0 Å². The van der Waals surface area contributed by atoms with Gasteiger partial charge in [-0.1, -0.05) is 272 Å². The average Bonchev–Trinajstić information content (AvgIpc) is 3.46. The molecular weight excluding hydrogens is 1090 g/mol. The van der Waals surface area contributed by atoms with Crippen molar-refractivity contribution >= 4 is 39.5 Å². The fourth-order valence-electron chi connectivity index (χ4n) is 9.46. The zero-order chi connectivity index (χ0) is 60.5. The highest BCUT2D eigenvalue weighted by Gasteiger charge is 2.30. The van der Waals surface area contributed by atoms with Gasteiger partial charge in [-0.3, -0.25) is 37.3 Å². The molecule has 0 saturated carbocycles. The first-order chi connectivity index (χ1) is 39.7. The Labute approximate surface area is 498 Å². The van der Waals surface area contributed by atoms with Gasteiger partial charge in [-0.2, -0.15) is 0 Å². The van der Waals surface area contributed by atoms with E-state index in [1.165, 1.54) is 128 Å². The maximum atomic E-state index is 12.9. The number of carbonyl (C=O) groups is 4. The topological polar surface area (TPSA) is 237 Å². The van der Waals surface area contributed by atoms with Gasteiger partial charge in [-0.05, 0) is 25.7 Å². The minimum absolute atomic E-state index is 0.103. The molecule has 0 aromatic heterocycles. The number of phosphoric ester groups is 2. The van der Waals surface area contributed by atoms with Crippen LogP contribution < -0.4 is 0 Å². The summed E-state index contributed by atoms with van der Waals surface area (Å²) in [4.78, 5) is 71.6. The zero-order valence-corrected chi connectivity index (χ0v) is 54.2. The molecule has 17 nitrogen and oxygen atoms in total. The van der Waals surface area contributed by atoms with Crippen LogP contribution in [0.2, 0.25) is 0 Å². The molecule has 0 fully saturated rings. The minimum Gasteiger partial charge on any atom is -0.462 e. The Balaban J connectivity index is 4.97. The number of hydrogen-bond acceptors (Lipinski definition) is 15. The molecule has 82 heavy (non-hydrogen) atoms. The summed E-state index contributed by atoms with van der Waals surface area (Å²) in [5.74, 6) is -2.15. The first-order valence-corrected chi connectivity index (χ1v) is 36.3. The SMILES string of the molecule is CCCCCCCCCCCCCCCCCCCCCCCCC(=O)O[C@H](COC(=O)CCCCCCCCCC)COP(=O)(O)OC[C@@H](O)COP(=O)(O)OC[C@@H](COC(=O)CCCCCCC)OC(=O)CCCCCCCCC. The molecule has 3 N–H and O–H groups in total. The molecule has 486 valence electrons. The van der Waals surface area contributed by atoms with Crippen LogP contribution in [0.4, 0.5) is 0 Å². The predicted molar refractivity (Wildman–Crippen MR) is 326 cm³/mol. The lowest BCUT2D eigenvalue weighted by Crippen LogP contribution is -2.30. The molecule has 0 aromatic rings. The molecule has 0 radical (unpaired) electrons. The van der Waals surface area contributed by atoms with E-state index in [1.54, 1.807) is 0 Å². The van der Waals surface area contributed by atoms with E-state index in [2.05, 4.69) is 27.7 Å². The molecule has 0 aliphatic rings. The number of rotatable bonds is 64. The van der Waals surface area contributed by atoms with Gasteiger partial charge >= 0.3 is 39.5 Å². The number of carbonyl (C=O) groups excluding carboxylic acids is 4. The van der Waals surface area contributed by atoms with Crippen molar-refractivity contribution in [3.8, 4) is 0 Å². The van der Waals surface area contributed by atoms with Crippen LogP contribution in [0.1, 0.15) is 323 Å². The first kappa shape index (κ1) is 80.1. The zero-order valence-electron chi connectivity index (χ0n) is 52.5. The lowest BCUT2D eigenvalue weighted by Gasteiger charge is -2.21. The van der Waals surface area contributed by atoms with Crippen molar-refractivity contribution in [2.24, 2.45) is 0 Å². The second kappa shape index (κ2) is 58.1. The number of unbranched alkanes of at least 4 members (excludes halogenated alkanes) is 38. The fraction of sp³-hybridized carbons (Fsp3) is 0.937. The molecule has 2 unspecified atom stereocenters. The van der Waals surface area contributed by atoms with Crippen LogP contribution in [0, 0.1) is 0 Å². The molecule has 0 aliphatic heterocycles. The standard InChI is InChI=1S/C63H122O17P2/c1-5-9-13-17-20-22-23-24-25-26-27-28-29-30-31-32-33-34-35-38-42-46-50-63(68)80-59(54-74-61(66)48-44-40-37-21-18-14-10-6-2)56-78-82(71,72)76-52-57(64)51-75-81(69,70)77-55-58(53-73-60(65)47-43-39-16-12-8-4)79-62(67)49-45-41-36-19-15-11-7-3/h57-59,64H,5-56H2,1-4H3,(H,69,70)(H,71,72)/t57-,58+,59+/m0/s1. The number of phosphoric acid groups is 2. The number of esters is 4. The van der Waals surface area contributed by atoms with E-state index in [1.807, 2.05) is 0 Å². The van der Waals surface area contributed by atoms with Crippen LogP contribution >= 0.6 is 15.6 Å². The second-order valence-corrected chi connectivity index (χ2v) is 25.7. The van der Waals surface area contributed by atoms with Gasteiger partial charge in [0.25, 0.3) is 0 Å². The third kappa shape index (κ3) is 57.2. The lowest BCUT2D eigenvalue weighted by molar-refractivity contribution is -0.161. The van der Waals surface area contributed by atoms with E-state index in [0.29, 0.717) is 25.7 Å². The van der Waals surface area contributed by atoms with E-state index >= 15 is 0 Å². The summed E-state index contributed by atoms with van der Waals surface area (Å²) >= 11 is 0. The van der Waals surface area contributed by atoms with Crippen molar-refractivity contribution < 1.29 is 80.2 Å². The van der Waals surface area contributed by atoms with Crippen molar-refractivity contribution in [3.05, 3.63) is 0 Å². The Morgan fingerprint density at radius 3 is 0.720 bits per heavy atom.